The number of anilines is 2. The van der Waals surface area contributed by atoms with E-state index in [1.54, 1.807) is 23.1 Å². The number of aromatic nitrogens is 2. The molecule has 0 unspecified atom stereocenters. The Morgan fingerprint density at radius 1 is 1.18 bits per heavy atom. The van der Waals surface area contributed by atoms with Crippen LogP contribution in [0.5, 0.6) is 0 Å². The molecule has 0 spiro atoms. The van der Waals surface area contributed by atoms with E-state index in [1.165, 1.54) is 24.3 Å². The lowest BCUT2D eigenvalue weighted by atomic mass is 10.0. The molecule has 1 amide bonds. The van der Waals surface area contributed by atoms with Gasteiger partial charge in [-0.25, -0.2) is 13.8 Å². The number of nitrogens with zero attached hydrogens (tertiary/aromatic N) is 3. The first-order valence-corrected chi connectivity index (χ1v) is 11.2. The largest absolute Gasteiger partial charge is 0.340 e. The SMILES string of the molecule is CC(C)C[C@@H](N)C(=O)N1CCn2c(nc(-c3ccc(F)cc3)c2Nc2ccc(Cl)c(F)c2)C1. The fourth-order valence-electron chi connectivity index (χ4n) is 4.01. The van der Waals surface area contributed by atoms with Crippen LogP contribution in [0.15, 0.2) is 42.5 Å². The Bertz CT molecular complexity index is 1160. The van der Waals surface area contributed by atoms with E-state index in [0.717, 1.165) is 0 Å². The molecule has 6 nitrogen and oxygen atoms in total. The minimum atomic E-state index is -0.558. The maximum absolute atomic E-state index is 14.0. The Balaban J connectivity index is 1.69. The van der Waals surface area contributed by atoms with Crippen molar-refractivity contribution >= 4 is 29.0 Å². The van der Waals surface area contributed by atoms with Gasteiger partial charge in [-0.3, -0.25) is 4.79 Å². The van der Waals surface area contributed by atoms with Crippen LogP contribution in [0, 0.1) is 17.6 Å². The lowest BCUT2D eigenvalue weighted by Crippen LogP contribution is -2.47. The highest BCUT2D eigenvalue weighted by Crippen LogP contribution is 2.34. The maximum Gasteiger partial charge on any atom is 0.239 e. The summed E-state index contributed by atoms with van der Waals surface area (Å²) in [6, 6.07) is 9.89. The van der Waals surface area contributed by atoms with E-state index in [4.69, 9.17) is 22.3 Å². The van der Waals surface area contributed by atoms with Crippen LogP contribution in [-0.4, -0.2) is 32.9 Å². The molecule has 1 aliphatic heterocycles. The van der Waals surface area contributed by atoms with Gasteiger partial charge in [-0.2, -0.15) is 0 Å². The maximum atomic E-state index is 14.0. The minimum Gasteiger partial charge on any atom is -0.340 e. The van der Waals surface area contributed by atoms with E-state index in [-0.39, 0.29) is 16.7 Å². The third kappa shape index (κ3) is 5.02. The Morgan fingerprint density at radius 2 is 1.91 bits per heavy atom. The van der Waals surface area contributed by atoms with Crippen LogP contribution < -0.4 is 11.1 Å². The van der Waals surface area contributed by atoms with Crippen molar-refractivity contribution in [1.82, 2.24) is 14.5 Å². The van der Waals surface area contributed by atoms with Crippen LogP contribution in [0.3, 0.4) is 0 Å². The standard InChI is InChI=1S/C24H26ClF2N5O/c1-14(2)11-20(28)24(33)31-9-10-32-21(13-31)30-22(15-3-5-16(26)6-4-15)23(32)29-17-7-8-18(25)19(27)12-17/h3-8,12,14,20,29H,9-11,13,28H2,1-2H3/t20-/m1/s1. The number of carbonyl (C=O) groups is 1. The number of amides is 1. The van der Waals surface area contributed by atoms with Gasteiger partial charge in [0.1, 0.15) is 29.0 Å². The normalized spacial score (nSPS) is 14.3. The molecule has 33 heavy (non-hydrogen) atoms. The van der Waals surface area contributed by atoms with Gasteiger partial charge in [0, 0.05) is 24.3 Å². The van der Waals surface area contributed by atoms with Crippen molar-refractivity contribution in [2.45, 2.75) is 39.4 Å². The van der Waals surface area contributed by atoms with Gasteiger partial charge in [0.25, 0.3) is 0 Å². The molecule has 0 saturated heterocycles. The summed E-state index contributed by atoms with van der Waals surface area (Å²) in [5, 5.41) is 3.26. The van der Waals surface area contributed by atoms with Gasteiger partial charge in [0.05, 0.1) is 17.6 Å². The average molecular weight is 474 g/mol. The summed E-state index contributed by atoms with van der Waals surface area (Å²) in [5.74, 6) is 0.624. The molecule has 2 heterocycles. The number of benzene rings is 2. The van der Waals surface area contributed by atoms with Crippen molar-refractivity contribution in [2.75, 3.05) is 11.9 Å². The van der Waals surface area contributed by atoms with Gasteiger partial charge in [-0.1, -0.05) is 25.4 Å². The van der Waals surface area contributed by atoms with Crippen molar-refractivity contribution in [1.29, 1.82) is 0 Å². The van der Waals surface area contributed by atoms with Crippen LogP contribution >= 0.6 is 11.6 Å². The molecule has 1 atom stereocenters. The molecule has 0 radical (unpaired) electrons. The van der Waals surface area contributed by atoms with E-state index in [2.05, 4.69) is 5.32 Å². The molecular weight excluding hydrogens is 448 g/mol. The molecule has 0 fully saturated rings. The zero-order chi connectivity index (χ0) is 23.7. The number of fused-ring (bicyclic) bond motifs is 1. The van der Waals surface area contributed by atoms with Gasteiger partial charge in [0.2, 0.25) is 5.91 Å². The Morgan fingerprint density at radius 3 is 2.58 bits per heavy atom. The van der Waals surface area contributed by atoms with Gasteiger partial charge < -0.3 is 20.5 Å². The summed E-state index contributed by atoms with van der Waals surface area (Å²) < 4.78 is 29.5. The molecule has 0 aliphatic carbocycles. The summed E-state index contributed by atoms with van der Waals surface area (Å²) in [6.07, 6.45) is 0.611. The first-order valence-electron chi connectivity index (χ1n) is 10.8. The summed E-state index contributed by atoms with van der Waals surface area (Å²) in [6.45, 7) is 5.32. The molecule has 4 rings (SSSR count). The van der Waals surface area contributed by atoms with E-state index in [9.17, 15) is 13.6 Å². The molecule has 174 valence electrons. The molecule has 1 aliphatic rings. The second-order valence-corrected chi connectivity index (χ2v) is 9.04. The third-order valence-corrected chi connectivity index (χ3v) is 5.93. The van der Waals surface area contributed by atoms with Crippen molar-refractivity contribution in [3.63, 3.8) is 0 Å². The zero-order valence-electron chi connectivity index (χ0n) is 18.5. The Hall–Kier alpha value is -2.97. The smallest absolute Gasteiger partial charge is 0.239 e. The number of nitrogens with two attached hydrogens (primary N) is 1. The number of imidazole rings is 1. The predicted octanol–water partition coefficient (Wildman–Crippen LogP) is 4.94. The van der Waals surface area contributed by atoms with E-state index in [0.29, 0.717) is 60.6 Å². The monoisotopic (exact) mass is 473 g/mol. The lowest BCUT2D eigenvalue weighted by Gasteiger charge is -2.31. The third-order valence-electron chi connectivity index (χ3n) is 5.63. The minimum absolute atomic E-state index is 0.0292. The molecule has 3 N–H and O–H groups in total. The van der Waals surface area contributed by atoms with Crippen molar-refractivity contribution in [2.24, 2.45) is 11.7 Å². The van der Waals surface area contributed by atoms with Crippen LogP contribution in [0.1, 0.15) is 26.1 Å². The summed E-state index contributed by atoms with van der Waals surface area (Å²) >= 11 is 5.82. The molecule has 0 bridgehead atoms. The van der Waals surface area contributed by atoms with E-state index in [1.807, 2.05) is 18.4 Å². The fraction of sp³-hybridized carbons (Fsp3) is 0.333. The van der Waals surface area contributed by atoms with Crippen LogP contribution in [0.2, 0.25) is 5.02 Å². The molecular formula is C24H26ClF2N5O. The second kappa shape index (κ2) is 9.49. The highest BCUT2D eigenvalue weighted by Gasteiger charge is 2.29. The van der Waals surface area contributed by atoms with E-state index < -0.39 is 11.9 Å². The Labute approximate surface area is 196 Å². The zero-order valence-corrected chi connectivity index (χ0v) is 19.2. The number of hydrogen-bond donors (Lipinski definition) is 2. The first-order chi connectivity index (χ1) is 15.7. The molecule has 3 aromatic rings. The topological polar surface area (TPSA) is 76.2 Å². The van der Waals surface area contributed by atoms with E-state index >= 15 is 0 Å². The highest BCUT2D eigenvalue weighted by atomic mass is 35.5. The molecule has 2 aromatic carbocycles. The summed E-state index contributed by atoms with van der Waals surface area (Å²) in [4.78, 5) is 19.3. The number of hydrogen-bond acceptors (Lipinski definition) is 4. The van der Waals surface area contributed by atoms with Gasteiger partial charge in [-0.05, 0) is 54.8 Å². The molecule has 9 heteroatoms. The van der Waals surface area contributed by atoms with Crippen LogP contribution in [0.4, 0.5) is 20.3 Å². The van der Waals surface area contributed by atoms with Crippen LogP contribution in [0.25, 0.3) is 11.3 Å². The highest BCUT2D eigenvalue weighted by molar-refractivity contribution is 6.30. The van der Waals surface area contributed by atoms with Gasteiger partial charge >= 0.3 is 0 Å². The van der Waals surface area contributed by atoms with Crippen LogP contribution in [-0.2, 0) is 17.9 Å². The lowest BCUT2D eigenvalue weighted by molar-refractivity contribution is -0.134. The van der Waals surface area contributed by atoms with Gasteiger partial charge in [-0.15, -0.1) is 0 Å². The van der Waals surface area contributed by atoms with Crippen molar-refractivity contribution < 1.29 is 13.6 Å². The number of rotatable bonds is 6. The Kier molecular flexibility index (Phi) is 6.67. The predicted molar refractivity (Wildman–Crippen MR) is 125 cm³/mol. The summed E-state index contributed by atoms with van der Waals surface area (Å²) in [5.41, 5.74) is 7.91. The first kappa shape index (κ1) is 23.2. The number of halogens is 3. The van der Waals surface area contributed by atoms with Crippen molar-refractivity contribution in [3.05, 3.63) is 64.9 Å². The van der Waals surface area contributed by atoms with Gasteiger partial charge in [0.15, 0.2) is 0 Å². The quantitative estimate of drug-likeness (QED) is 0.531. The summed E-state index contributed by atoms with van der Waals surface area (Å²) in [7, 11) is 0. The number of nitrogens with one attached hydrogen (secondary N) is 1. The van der Waals surface area contributed by atoms with Crippen molar-refractivity contribution in [3.8, 4) is 11.3 Å². The second-order valence-electron chi connectivity index (χ2n) is 8.63. The average Bonchev–Trinajstić information content (AvgIpc) is 3.13. The fourth-order valence-corrected chi connectivity index (χ4v) is 4.13. The molecule has 1 aromatic heterocycles. The molecule has 0 saturated carbocycles. The number of carbonyl (C=O) groups excluding carboxylic acids is 1.